The first-order valence-corrected chi connectivity index (χ1v) is 5.56. The number of rotatable bonds is 4. The molecule has 1 aromatic heterocycles. The monoisotopic (exact) mass is 256 g/mol. The number of benzene rings is 1. The Hall–Kier alpha value is -2.76. The summed E-state index contributed by atoms with van der Waals surface area (Å²) in [5.74, 6) is 0.0432. The van der Waals surface area contributed by atoms with Gasteiger partial charge in [0.1, 0.15) is 0 Å². The van der Waals surface area contributed by atoms with E-state index in [-0.39, 0.29) is 0 Å². The number of ether oxygens (including phenoxy) is 1. The fourth-order valence-electron chi connectivity index (χ4n) is 1.41. The topological polar surface area (TPSA) is 75.9 Å². The predicted molar refractivity (Wildman–Crippen MR) is 70.2 cm³/mol. The van der Waals surface area contributed by atoms with Gasteiger partial charge in [-0.15, -0.1) is 5.11 Å². The van der Waals surface area contributed by atoms with Crippen molar-refractivity contribution in [1.29, 1.82) is 0 Å². The minimum atomic E-state index is -0.434. The molecular weight excluding hydrogens is 244 g/mol. The van der Waals surface area contributed by atoms with Crippen molar-refractivity contribution in [2.45, 2.75) is 0 Å². The van der Waals surface area contributed by atoms with E-state index in [0.29, 0.717) is 17.1 Å². The van der Waals surface area contributed by atoms with E-state index in [2.05, 4.69) is 25.5 Å². The Kier molecular flexibility index (Phi) is 4.17. The Morgan fingerprint density at radius 2 is 2.00 bits per heavy atom. The van der Waals surface area contributed by atoms with Gasteiger partial charge in [0, 0.05) is 6.20 Å². The molecule has 0 atom stereocenters. The fraction of sp³-hybridized carbons (Fsp3) is 0.0769. The smallest absolute Gasteiger partial charge is 0.340 e. The molecule has 96 valence electrons. The molecular formula is C13H12N4O2. The van der Waals surface area contributed by atoms with Gasteiger partial charge in [0.15, 0.2) is 5.82 Å². The second kappa shape index (κ2) is 6.25. The summed E-state index contributed by atoms with van der Waals surface area (Å²) in [6, 6.07) is 12.2. The molecule has 0 amide bonds. The van der Waals surface area contributed by atoms with Gasteiger partial charge in [-0.1, -0.05) is 23.4 Å². The summed E-state index contributed by atoms with van der Waals surface area (Å²) in [5, 5.41) is 7.67. The highest BCUT2D eigenvalue weighted by molar-refractivity contribution is 5.95. The van der Waals surface area contributed by atoms with Gasteiger partial charge in [0.05, 0.1) is 18.4 Å². The Bertz CT molecular complexity index is 584. The molecule has 2 rings (SSSR count). The van der Waals surface area contributed by atoms with Crippen molar-refractivity contribution < 1.29 is 9.53 Å². The van der Waals surface area contributed by atoms with E-state index < -0.39 is 5.97 Å². The quantitative estimate of drug-likeness (QED) is 0.518. The zero-order valence-electron chi connectivity index (χ0n) is 10.3. The SMILES string of the molecule is COC(=O)c1ccccc1N/N=N/c1ccccn1. The lowest BCUT2D eigenvalue weighted by Gasteiger charge is -2.05. The van der Waals surface area contributed by atoms with Gasteiger partial charge in [-0.25, -0.2) is 9.78 Å². The molecule has 0 saturated heterocycles. The number of para-hydroxylation sites is 1. The Morgan fingerprint density at radius 1 is 1.21 bits per heavy atom. The molecule has 0 aliphatic carbocycles. The van der Waals surface area contributed by atoms with E-state index in [9.17, 15) is 4.79 Å². The summed E-state index contributed by atoms with van der Waals surface area (Å²) in [5.41, 5.74) is 3.61. The molecule has 6 heteroatoms. The van der Waals surface area contributed by atoms with Crippen LogP contribution in [-0.2, 0) is 4.74 Å². The second-order valence-corrected chi connectivity index (χ2v) is 3.54. The lowest BCUT2D eigenvalue weighted by atomic mass is 10.2. The summed E-state index contributed by atoms with van der Waals surface area (Å²) in [6.07, 6.45) is 1.62. The molecule has 1 heterocycles. The second-order valence-electron chi connectivity index (χ2n) is 3.54. The summed E-state index contributed by atoms with van der Waals surface area (Å²) >= 11 is 0. The Morgan fingerprint density at radius 3 is 2.74 bits per heavy atom. The Labute approximate surface area is 110 Å². The molecule has 0 bridgehead atoms. The summed E-state index contributed by atoms with van der Waals surface area (Å²) in [6.45, 7) is 0. The van der Waals surface area contributed by atoms with Crippen molar-refractivity contribution in [1.82, 2.24) is 4.98 Å². The number of anilines is 1. The van der Waals surface area contributed by atoms with Gasteiger partial charge in [0.25, 0.3) is 0 Å². The molecule has 1 aromatic carbocycles. The maximum Gasteiger partial charge on any atom is 0.340 e. The minimum Gasteiger partial charge on any atom is -0.465 e. The van der Waals surface area contributed by atoms with Crippen LogP contribution in [0.25, 0.3) is 0 Å². The summed E-state index contributed by atoms with van der Waals surface area (Å²) in [4.78, 5) is 15.5. The third-order valence-electron chi connectivity index (χ3n) is 2.30. The predicted octanol–water partition coefficient (Wildman–Crippen LogP) is 2.98. The number of esters is 1. The van der Waals surface area contributed by atoms with E-state index in [1.807, 2.05) is 6.07 Å². The van der Waals surface area contributed by atoms with Crippen LogP contribution in [0.15, 0.2) is 59.0 Å². The van der Waals surface area contributed by atoms with Crippen molar-refractivity contribution in [2.24, 2.45) is 10.3 Å². The number of carbonyl (C=O) groups is 1. The Balaban J connectivity index is 2.12. The third kappa shape index (κ3) is 3.35. The van der Waals surface area contributed by atoms with Crippen LogP contribution in [0.1, 0.15) is 10.4 Å². The molecule has 0 spiro atoms. The average molecular weight is 256 g/mol. The lowest BCUT2D eigenvalue weighted by Crippen LogP contribution is -2.04. The number of pyridine rings is 1. The van der Waals surface area contributed by atoms with Gasteiger partial charge < -0.3 is 4.74 Å². The van der Waals surface area contributed by atoms with Gasteiger partial charge in [0.2, 0.25) is 0 Å². The van der Waals surface area contributed by atoms with Gasteiger partial charge >= 0.3 is 5.97 Å². The molecule has 1 N–H and O–H groups in total. The molecule has 19 heavy (non-hydrogen) atoms. The van der Waals surface area contributed by atoms with Gasteiger partial charge in [-0.05, 0) is 24.3 Å². The number of hydrogen-bond acceptors (Lipinski definition) is 5. The number of nitrogens with zero attached hydrogens (tertiary/aromatic N) is 3. The molecule has 0 saturated carbocycles. The molecule has 0 fully saturated rings. The fourth-order valence-corrected chi connectivity index (χ4v) is 1.41. The van der Waals surface area contributed by atoms with Crippen LogP contribution in [0.2, 0.25) is 0 Å². The zero-order chi connectivity index (χ0) is 13.5. The van der Waals surface area contributed by atoms with Crippen LogP contribution < -0.4 is 5.43 Å². The van der Waals surface area contributed by atoms with Crippen molar-refractivity contribution in [3.05, 3.63) is 54.2 Å². The van der Waals surface area contributed by atoms with E-state index in [0.717, 1.165) is 0 Å². The summed E-state index contributed by atoms with van der Waals surface area (Å²) in [7, 11) is 1.33. The highest BCUT2D eigenvalue weighted by Crippen LogP contribution is 2.16. The van der Waals surface area contributed by atoms with Crippen LogP contribution in [0.3, 0.4) is 0 Å². The third-order valence-corrected chi connectivity index (χ3v) is 2.30. The molecule has 0 aliphatic heterocycles. The molecule has 0 radical (unpaired) electrons. The zero-order valence-corrected chi connectivity index (χ0v) is 10.3. The van der Waals surface area contributed by atoms with E-state index in [1.54, 1.807) is 42.6 Å². The van der Waals surface area contributed by atoms with Gasteiger partial charge in [-0.3, -0.25) is 5.43 Å². The minimum absolute atomic E-state index is 0.393. The number of methoxy groups -OCH3 is 1. The first kappa shape index (κ1) is 12.7. The van der Waals surface area contributed by atoms with E-state index in [1.165, 1.54) is 7.11 Å². The lowest BCUT2D eigenvalue weighted by molar-refractivity contribution is 0.0602. The highest BCUT2D eigenvalue weighted by atomic mass is 16.5. The van der Waals surface area contributed by atoms with Crippen LogP contribution in [-0.4, -0.2) is 18.1 Å². The molecule has 2 aromatic rings. The van der Waals surface area contributed by atoms with Crippen LogP contribution in [0.5, 0.6) is 0 Å². The first-order chi connectivity index (χ1) is 9.31. The standard InChI is InChI=1S/C13H12N4O2/c1-19-13(18)10-6-2-3-7-11(10)15-17-16-12-8-4-5-9-14-12/h2-9H,1H3,(H,14,15,16). The van der Waals surface area contributed by atoms with Crippen molar-refractivity contribution in [2.75, 3.05) is 12.5 Å². The molecule has 6 nitrogen and oxygen atoms in total. The van der Waals surface area contributed by atoms with Crippen LogP contribution in [0.4, 0.5) is 11.5 Å². The maximum atomic E-state index is 11.5. The molecule has 0 unspecified atom stereocenters. The molecule has 0 aliphatic rings. The number of aromatic nitrogens is 1. The maximum absolute atomic E-state index is 11.5. The van der Waals surface area contributed by atoms with Crippen molar-refractivity contribution in [3.8, 4) is 0 Å². The first-order valence-electron chi connectivity index (χ1n) is 5.56. The largest absolute Gasteiger partial charge is 0.465 e. The van der Waals surface area contributed by atoms with E-state index >= 15 is 0 Å². The number of nitrogens with one attached hydrogen (secondary N) is 1. The van der Waals surface area contributed by atoms with E-state index in [4.69, 9.17) is 0 Å². The van der Waals surface area contributed by atoms with Crippen LogP contribution in [0, 0.1) is 0 Å². The normalized spacial score (nSPS) is 10.4. The van der Waals surface area contributed by atoms with Crippen LogP contribution >= 0.6 is 0 Å². The summed E-state index contributed by atoms with van der Waals surface area (Å²) < 4.78 is 4.68. The highest BCUT2D eigenvalue weighted by Gasteiger charge is 2.09. The van der Waals surface area contributed by atoms with Gasteiger partial charge in [-0.2, -0.15) is 0 Å². The number of hydrogen-bond donors (Lipinski definition) is 1. The average Bonchev–Trinajstić information content (AvgIpc) is 2.48. The number of carbonyl (C=O) groups excluding carboxylic acids is 1. The van der Waals surface area contributed by atoms with Crippen molar-refractivity contribution in [3.63, 3.8) is 0 Å². The van der Waals surface area contributed by atoms with Crippen molar-refractivity contribution >= 4 is 17.5 Å².